The molecule has 1 fully saturated rings. The zero-order valence-electron chi connectivity index (χ0n) is 16.9. The topological polar surface area (TPSA) is 66.4 Å². The van der Waals surface area contributed by atoms with Crippen LogP contribution in [0.1, 0.15) is 36.8 Å². The molecule has 31 heavy (non-hydrogen) atoms. The van der Waals surface area contributed by atoms with Gasteiger partial charge in [0.2, 0.25) is 5.91 Å². The predicted octanol–water partition coefficient (Wildman–Crippen LogP) is 5.55. The largest absolute Gasteiger partial charge is 0.480 e. The number of aliphatic carboxylic acids is 1. The van der Waals surface area contributed by atoms with Gasteiger partial charge in [0.25, 0.3) is 0 Å². The second-order valence-electron chi connectivity index (χ2n) is 8.10. The van der Waals surface area contributed by atoms with Gasteiger partial charge in [0.05, 0.1) is 12.3 Å². The second-order valence-corrected chi connectivity index (χ2v) is 8.53. The van der Waals surface area contributed by atoms with Crippen LogP contribution < -0.4 is 5.32 Å². The fourth-order valence-corrected chi connectivity index (χ4v) is 4.21. The van der Waals surface area contributed by atoms with Crippen molar-refractivity contribution < 1.29 is 27.9 Å². The van der Waals surface area contributed by atoms with Crippen LogP contribution in [0.3, 0.4) is 0 Å². The zero-order valence-corrected chi connectivity index (χ0v) is 17.7. The number of halogens is 4. The second kappa shape index (κ2) is 8.91. The summed E-state index contributed by atoms with van der Waals surface area (Å²) in [6.07, 6.45) is -5.33. The van der Waals surface area contributed by atoms with E-state index in [0.717, 1.165) is 16.7 Å². The van der Waals surface area contributed by atoms with Gasteiger partial charge < -0.3 is 10.4 Å². The normalized spacial score (nSPS) is 21.5. The van der Waals surface area contributed by atoms with Gasteiger partial charge in [0.1, 0.15) is 5.54 Å². The highest BCUT2D eigenvalue weighted by Crippen LogP contribution is 2.42. The molecular formula is C23H23ClF3NO3. The fraction of sp³-hybridized carbons (Fsp3) is 0.391. The van der Waals surface area contributed by atoms with Gasteiger partial charge in [-0.25, -0.2) is 4.79 Å². The molecule has 0 radical (unpaired) electrons. The molecule has 2 aromatic rings. The van der Waals surface area contributed by atoms with E-state index < -0.39 is 35.9 Å². The van der Waals surface area contributed by atoms with Crippen molar-refractivity contribution in [2.24, 2.45) is 5.92 Å². The van der Waals surface area contributed by atoms with Gasteiger partial charge in [0.15, 0.2) is 0 Å². The van der Waals surface area contributed by atoms with E-state index in [2.05, 4.69) is 5.32 Å². The monoisotopic (exact) mass is 453 g/mol. The molecule has 2 aromatic carbocycles. The van der Waals surface area contributed by atoms with Crippen LogP contribution in [0, 0.1) is 12.8 Å². The molecule has 0 aromatic heterocycles. The average molecular weight is 454 g/mol. The van der Waals surface area contributed by atoms with Crippen molar-refractivity contribution in [1.82, 2.24) is 5.32 Å². The van der Waals surface area contributed by atoms with E-state index >= 15 is 0 Å². The van der Waals surface area contributed by atoms with Gasteiger partial charge in [-0.3, -0.25) is 4.79 Å². The maximum atomic E-state index is 13.2. The predicted molar refractivity (Wildman–Crippen MR) is 112 cm³/mol. The van der Waals surface area contributed by atoms with Crippen LogP contribution in [0.2, 0.25) is 5.02 Å². The highest BCUT2D eigenvalue weighted by atomic mass is 35.5. The van der Waals surface area contributed by atoms with Crippen LogP contribution in [0.25, 0.3) is 11.1 Å². The SMILES string of the molecule is Cc1ccc(-c2ccc(Cl)cc2)cc1CC(=O)N[C@@]1(C(=O)O)CCC[C@H](C(F)(F)F)C1. The molecule has 8 heteroatoms. The maximum Gasteiger partial charge on any atom is 0.391 e. The summed E-state index contributed by atoms with van der Waals surface area (Å²) in [5.41, 5.74) is 1.35. The first-order valence-electron chi connectivity index (χ1n) is 9.97. The number of carboxylic acids is 1. The molecule has 2 N–H and O–H groups in total. The summed E-state index contributed by atoms with van der Waals surface area (Å²) in [5.74, 6) is -3.78. The molecule has 1 amide bonds. The number of aryl methyl sites for hydroxylation is 1. The number of hydrogen-bond acceptors (Lipinski definition) is 2. The molecule has 0 spiro atoms. The number of carbonyl (C=O) groups is 2. The molecule has 4 nitrogen and oxygen atoms in total. The van der Waals surface area contributed by atoms with Gasteiger partial charge in [-0.15, -0.1) is 0 Å². The molecule has 1 aliphatic carbocycles. The number of carbonyl (C=O) groups excluding carboxylic acids is 1. The summed E-state index contributed by atoms with van der Waals surface area (Å²) in [6, 6.07) is 12.8. The highest BCUT2D eigenvalue weighted by Gasteiger charge is 2.51. The van der Waals surface area contributed by atoms with Crippen molar-refractivity contribution in [3.05, 3.63) is 58.6 Å². The number of amides is 1. The lowest BCUT2D eigenvalue weighted by Gasteiger charge is -2.38. The van der Waals surface area contributed by atoms with Gasteiger partial charge >= 0.3 is 12.1 Å². The van der Waals surface area contributed by atoms with Crippen LogP contribution >= 0.6 is 11.6 Å². The third kappa shape index (κ3) is 5.39. The van der Waals surface area contributed by atoms with E-state index in [-0.39, 0.29) is 25.7 Å². The Morgan fingerprint density at radius 2 is 1.81 bits per heavy atom. The van der Waals surface area contributed by atoms with Crippen LogP contribution in [-0.2, 0) is 16.0 Å². The zero-order chi connectivity index (χ0) is 22.8. The Bertz CT molecular complexity index is 975. The smallest absolute Gasteiger partial charge is 0.391 e. The van der Waals surface area contributed by atoms with Crippen LogP contribution in [-0.4, -0.2) is 28.7 Å². The number of rotatable bonds is 5. The van der Waals surface area contributed by atoms with Crippen molar-refractivity contribution >= 4 is 23.5 Å². The standard InChI is InChI=1S/C23H23ClF3NO3/c1-14-4-5-16(15-6-8-19(24)9-7-15)11-17(14)12-20(29)28-22(21(30)31)10-2-3-18(13-22)23(25,26)27/h4-9,11,18H,2-3,10,12-13H2,1H3,(H,28,29)(H,30,31)/t18-,22-/m0/s1. The Kier molecular flexibility index (Phi) is 6.65. The van der Waals surface area contributed by atoms with E-state index in [1.807, 2.05) is 37.3 Å². The first-order chi connectivity index (χ1) is 14.5. The quantitative estimate of drug-likeness (QED) is 0.623. The minimum atomic E-state index is -4.49. The molecule has 1 aliphatic rings. The van der Waals surface area contributed by atoms with Crippen molar-refractivity contribution in [2.45, 2.75) is 50.7 Å². The minimum absolute atomic E-state index is 0.0234. The summed E-state index contributed by atoms with van der Waals surface area (Å²) in [4.78, 5) is 24.6. The van der Waals surface area contributed by atoms with E-state index in [9.17, 15) is 27.9 Å². The third-order valence-corrected chi connectivity index (χ3v) is 6.13. The number of alkyl halides is 3. The molecule has 0 heterocycles. The summed E-state index contributed by atoms with van der Waals surface area (Å²) in [6.45, 7) is 1.82. The van der Waals surface area contributed by atoms with Crippen molar-refractivity contribution in [3.8, 4) is 11.1 Å². The summed E-state index contributed by atoms with van der Waals surface area (Å²) in [7, 11) is 0. The van der Waals surface area contributed by atoms with Crippen LogP contribution in [0.5, 0.6) is 0 Å². The summed E-state index contributed by atoms with van der Waals surface area (Å²) < 4.78 is 39.6. The first kappa shape index (κ1) is 23.1. The van der Waals surface area contributed by atoms with E-state index in [4.69, 9.17) is 11.6 Å². The lowest BCUT2D eigenvalue weighted by atomic mass is 9.75. The number of benzene rings is 2. The van der Waals surface area contributed by atoms with Crippen molar-refractivity contribution in [1.29, 1.82) is 0 Å². The fourth-order valence-electron chi connectivity index (χ4n) is 4.08. The number of nitrogens with one attached hydrogen (secondary N) is 1. The van der Waals surface area contributed by atoms with Gasteiger partial charge in [-0.1, -0.05) is 41.9 Å². The summed E-state index contributed by atoms with van der Waals surface area (Å²) >= 11 is 5.92. The van der Waals surface area contributed by atoms with Crippen molar-refractivity contribution in [2.75, 3.05) is 0 Å². The maximum absolute atomic E-state index is 13.2. The molecule has 0 aliphatic heterocycles. The molecule has 2 atom stereocenters. The Morgan fingerprint density at radius 1 is 1.16 bits per heavy atom. The molecule has 1 saturated carbocycles. The lowest BCUT2D eigenvalue weighted by Crippen LogP contribution is -2.58. The first-order valence-corrected chi connectivity index (χ1v) is 10.3. The Morgan fingerprint density at radius 3 is 2.42 bits per heavy atom. The van der Waals surface area contributed by atoms with Crippen LogP contribution in [0.15, 0.2) is 42.5 Å². The third-order valence-electron chi connectivity index (χ3n) is 5.88. The van der Waals surface area contributed by atoms with Gasteiger partial charge in [-0.2, -0.15) is 13.2 Å². The minimum Gasteiger partial charge on any atom is -0.480 e. The molecule has 3 rings (SSSR count). The van der Waals surface area contributed by atoms with Crippen molar-refractivity contribution in [3.63, 3.8) is 0 Å². The van der Waals surface area contributed by atoms with Gasteiger partial charge in [-0.05, 0) is 67.0 Å². The number of carboxylic acid groups (broad SMARTS) is 1. The number of hydrogen-bond donors (Lipinski definition) is 2. The van der Waals surface area contributed by atoms with Gasteiger partial charge in [0, 0.05) is 5.02 Å². The molecule has 0 saturated heterocycles. The molecule has 0 bridgehead atoms. The molecule has 0 unspecified atom stereocenters. The summed E-state index contributed by atoms with van der Waals surface area (Å²) in [5, 5.41) is 12.7. The average Bonchev–Trinajstić information content (AvgIpc) is 2.69. The van der Waals surface area contributed by atoms with E-state index in [1.165, 1.54) is 0 Å². The Balaban J connectivity index is 1.79. The Hall–Kier alpha value is -2.54. The molecular weight excluding hydrogens is 431 g/mol. The lowest BCUT2D eigenvalue weighted by molar-refractivity contribution is -0.192. The molecule has 166 valence electrons. The van der Waals surface area contributed by atoms with E-state index in [0.29, 0.717) is 10.6 Å². The Labute approximate surface area is 183 Å². The van der Waals surface area contributed by atoms with Crippen LogP contribution in [0.4, 0.5) is 13.2 Å². The highest BCUT2D eigenvalue weighted by molar-refractivity contribution is 6.30. The van der Waals surface area contributed by atoms with E-state index in [1.54, 1.807) is 12.1 Å².